The molecule has 0 saturated heterocycles. The number of benzene rings is 2. The van der Waals surface area contributed by atoms with Gasteiger partial charge in [-0.3, -0.25) is 14.9 Å². The number of carbonyl (C=O) groups is 1. The Morgan fingerprint density at radius 3 is 2.68 bits per heavy atom. The Morgan fingerprint density at radius 1 is 1.23 bits per heavy atom. The highest BCUT2D eigenvalue weighted by molar-refractivity contribution is 5.74. The summed E-state index contributed by atoms with van der Waals surface area (Å²) in [7, 11) is 0. The van der Waals surface area contributed by atoms with E-state index in [2.05, 4.69) is 24.8 Å². The predicted molar refractivity (Wildman–Crippen MR) is 118 cm³/mol. The van der Waals surface area contributed by atoms with Gasteiger partial charge in [-0.25, -0.2) is 0 Å². The van der Waals surface area contributed by atoms with Gasteiger partial charge in [0.15, 0.2) is 0 Å². The van der Waals surface area contributed by atoms with Crippen molar-refractivity contribution in [3.05, 3.63) is 69.8 Å². The van der Waals surface area contributed by atoms with Crippen molar-refractivity contribution in [1.29, 1.82) is 0 Å². The third kappa shape index (κ3) is 3.24. The average molecular weight is 422 g/mol. The molecule has 7 nitrogen and oxygen atoms in total. The van der Waals surface area contributed by atoms with Crippen LogP contribution in [0.15, 0.2) is 48.5 Å². The van der Waals surface area contributed by atoms with Crippen LogP contribution in [-0.2, 0) is 14.9 Å². The molecule has 2 aliphatic rings. The molecule has 0 bridgehead atoms. The van der Waals surface area contributed by atoms with Gasteiger partial charge >= 0.3 is 5.97 Å². The van der Waals surface area contributed by atoms with Crippen LogP contribution in [0.3, 0.4) is 0 Å². The average Bonchev–Trinajstić information content (AvgIpc) is 2.92. The lowest BCUT2D eigenvalue weighted by molar-refractivity contribution is -0.384. The number of ether oxygens (including phenoxy) is 2. The Labute approximate surface area is 181 Å². The molecule has 2 heterocycles. The fraction of sp³-hybridized carbons (Fsp3) is 0.375. The zero-order valence-corrected chi connectivity index (χ0v) is 18.1. The van der Waals surface area contributed by atoms with E-state index in [1.165, 1.54) is 12.1 Å². The largest absolute Gasteiger partial charge is 0.464 e. The van der Waals surface area contributed by atoms with E-state index in [-0.39, 0.29) is 24.2 Å². The molecule has 2 aromatic rings. The number of nitrogens with zero attached hydrogens (tertiary/aromatic N) is 2. The van der Waals surface area contributed by atoms with Gasteiger partial charge in [0.25, 0.3) is 5.69 Å². The molecule has 0 saturated carbocycles. The normalized spacial score (nSPS) is 20.4. The summed E-state index contributed by atoms with van der Waals surface area (Å²) < 4.78 is 12.1. The quantitative estimate of drug-likeness (QED) is 0.395. The second kappa shape index (κ2) is 7.41. The summed E-state index contributed by atoms with van der Waals surface area (Å²) >= 11 is 0. The second-order valence-electron chi connectivity index (χ2n) is 8.73. The second-order valence-corrected chi connectivity index (χ2v) is 8.73. The molecule has 0 N–H and O–H groups in total. The summed E-state index contributed by atoms with van der Waals surface area (Å²) in [6.07, 6.45) is 3.84. The molecule has 2 aliphatic heterocycles. The van der Waals surface area contributed by atoms with Crippen LogP contribution in [0.5, 0.6) is 5.75 Å². The lowest BCUT2D eigenvalue weighted by Gasteiger charge is -2.47. The number of non-ortho nitro benzene ring substituents is 1. The van der Waals surface area contributed by atoms with Crippen molar-refractivity contribution in [2.75, 3.05) is 18.1 Å². The first kappa shape index (κ1) is 20.9. The summed E-state index contributed by atoms with van der Waals surface area (Å²) in [6, 6.07) is 12.7. The molecule has 31 heavy (non-hydrogen) atoms. The maximum absolute atomic E-state index is 12.0. The van der Waals surface area contributed by atoms with E-state index in [4.69, 9.17) is 9.47 Å². The van der Waals surface area contributed by atoms with Gasteiger partial charge in [-0.2, -0.15) is 0 Å². The Kier molecular flexibility index (Phi) is 5.00. The highest BCUT2D eigenvalue weighted by atomic mass is 16.6. The highest BCUT2D eigenvalue weighted by Gasteiger charge is 2.58. The number of esters is 1. The monoisotopic (exact) mass is 422 g/mol. The Hall–Kier alpha value is -3.35. The number of nitro groups is 1. The zero-order valence-electron chi connectivity index (χ0n) is 18.1. The molecule has 7 heteroatoms. The standard InChI is InChI=1S/C24H26N2O5/c1-16(2)22(27)30-14-13-25-20-8-6-5-7-19(20)23(3,4)24(25)12-11-17-15-18(26(28)29)9-10-21(17)31-24/h5-12,15-16H,13-14H2,1-4H3. The molecule has 0 fully saturated rings. The van der Waals surface area contributed by atoms with Gasteiger partial charge in [-0.15, -0.1) is 0 Å². The molecule has 1 unspecified atom stereocenters. The number of rotatable bonds is 5. The number of carbonyl (C=O) groups excluding carboxylic acids is 1. The van der Waals surface area contributed by atoms with E-state index in [1.807, 2.05) is 30.4 Å². The van der Waals surface area contributed by atoms with Crippen molar-refractivity contribution < 1.29 is 19.2 Å². The van der Waals surface area contributed by atoms with E-state index in [9.17, 15) is 14.9 Å². The van der Waals surface area contributed by atoms with Crippen LogP contribution in [0.1, 0.15) is 38.8 Å². The number of fused-ring (bicyclic) bond motifs is 2. The SMILES string of the molecule is CC(C)C(=O)OCCN1c2ccccc2C(C)(C)C12C=Cc1cc([N+](=O)[O-])ccc1O2. The minimum absolute atomic E-state index is 0.0226. The third-order valence-electron chi connectivity index (χ3n) is 6.15. The molecule has 4 rings (SSSR count). The van der Waals surface area contributed by atoms with Crippen LogP contribution in [0.25, 0.3) is 6.08 Å². The highest BCUT2D eigenvalue weighted by Crippen LogP contribution is 2.54. The maximum atomic E-state index is 12.0. The molecule has 0 aromatic heterocycles. The van der Waals surface area contributed by atoms with Crippen LogP contribution in [0.2, 0.25) is 0 Å². The molecule has 0 radical (unpaired) electrons. The Balaban J connectivity index is 1.73. The lowest BCUT2D eigenvalue weighted by atomic mass is 9.76. The topological polar surface area (TPSA) is 81.9 Å². The van der Waals surface area contributed by atoms with Gasteiger partial charge < -0.3 is 14.4 Å². The molecule has 0 amide bonds. The van der Waals surface area contributed by atoms with Crippen molar-refractivity contribution in [1.82, 2.24) is 0 Å². The van der Waals surface area contributed by atoms with Gasteiger partial charge in [0.05, 0.1) is 22.8 Å². The van der Waals surface area contributed by atoms with Crippen molar-refractivity contribution in [2.24, 2.45) is 5.92 Å². The summed E-state index contributed by atoms with van der Waals surface area (Å²) in [5, 5.41) is 11.2. The Bertz CT molecular complexity index is 1080. The zero-order chi connectivity index (χ0) is 22.4. The molecule has 0 aliphatic carbocycles. The van der Waals surface area contributed by atoms with Crippen LogP contribution in [0, 0.1) is 16.0 Å². The van der Waals surface area contributed by atoms with E-state index >= 15 is 0 Å². The van der Waals surface area contributed by atoms with Crippen LogP contribution in [-0.4, -0.2) is 29.8 Å². The van der Waals surface area contributed by atoms with Crippen molar-refractivity contribution >= 4 is 23.4 Å². The van der Waals surface area contributed by atoms with Crippen LogP contribution < -0.4 is 9.64 Å². The van der Waals surface area contributed by atoms with Crippen molar-refractivity contribution in [2.45, 2.75) is 38.8 Å². The van der Waals surface area contributed by atoms with E-state index < -0.39 is 16.1 Å². The summed E-state index contributed by atoms with van der Waals surface area (Å²) in [4.78, 5) is 24.8. The van der Waals surface area contributed by atoms with E-state index in [0.29, 0.717) is 17.9 Å². The van der Waals surface area contributed by atoms with Crippen molar-refractivity contribution in [3.8, 4) is 5.75 Å². The number of hydrogen-bond acceptors (Lipinski definition) is 6. The summed E-state index contributed by atoms with van der Waals surface area (Å²) in [5.74, 6) is 0.154. The lowest BCUT2D eigenvalue weighted by Crippen LogP contribution is -2.60. The fourth-order valence-corrected chi connectivity index (χ4v) is 4.40. The van der Waals surface area contributed by atoms with Gasteiger partial charge in [0, 0.05) is 23.4 Å². The first-order valence-electron chi connectivity index (χ1n) is 10.4. The van der Waals surface area contributed by atoms with Gasteiger partial charge in [-0.1, -0.05) is 32.0 Å². The molecule has 162 valence electrons. The predicted octanol–water partition coefficient (Wildman–Crippen LogP) is 4.69. The van der Waals surface area contributed by atoms with E-state index in [0.717, 1.165) is 11.3 Å². The van der Waals surface area contributed by atoms with Gasteiger partial charge in [0.1, 0.15) is 12.4 Å². The van der Waals surface area contributed by atoms with E-state index in [1.54, 1.807) is 19.9 Å². The van der Waals surface area contributed by atoms with Gasteiger partial charge in [-0.05, 0) is 43.7 Å². The van der Waals surface area contributed by atoms with Crippen LogP contribution in [0.4, 0.5) is 11.4 Å². The first-order chi connectivity index (χ1) is 14.7. The van der Waals surface area contributed by atoms with Gasteiger partial charge in [0.2, 0.25) is 5.72 Å². The van der Waals surface area contributed by atoms with Crippen molar-refractivity contribution in [3.63, 3.8) is 0 Å². The summed E-state index contributed by atoms with van der Waals surface area (Å²) in [6.45, 7) is 8.53. The number of anilines is 1. The maximum Gasteiger partial charge on any atom is 0.308 e. The number of para-hydroxylation sites is 1. The molecular weight excluding hydrogens is 396 g/mol. The fourth-order valence-electron chi connectivity index (χ4n) is 4.40. The third-order valence-corrected chi connectivity index (χ3v) is 6.15. The number of hydrogen-bond donors (Lipinski definition) is 0. The first-order valence-corrected chi connectivity index (χ1v) is 10.4. The molecule has 1 spiro atoms. The van der Waals surface area contributed by atoms with Crippen LogP contribution >= 0.6 is 0 Å². The molecular formula is C24H26N2O5. The minimum atomic E-state index is -0.857. The molecule has 1 atom stereocenters. The Morgan fingerprint density at radius 2 is 1.97 bits per heavy atom. The smallest absolute Gasteiger partial charge is 0.308 e. The summed E-state index contributed by atoms with van der Waals surface area (Å²) in [5.41, 5.74) is 1.54. The number of nitro benzene ring substituents is 1. The minimum Gasteiger partial charge on any atom is -0.464 e. The molecule has 2 aromatic carbocycles.